The summed E-state index contributed by atoms with van der Waals surface area (Å²) in [7, 11) is 0. The highest BCUT2D eigenvalue weighted by Gasteiger charge is 2.25. The topological polar surface area (TPSA) is 41.6 Å². The molecule has 0 bridgehead atoms. The van der Waals surface area contributed by atoms with Crippen LogP contribution in [0, 0.1) is 6.92 Å². The van der Waals surface area contributed by atoms with E-state index in [0.717, 1.165) is 17.8 Å². The van der Waals surface area contributed by atoms with Gasteiger partial charge in [0.25, 0.3) is 0 Å². The summed E-state index contributed by atoms with van der Waals surface area (Å²) in [5, 5.41) is 3.59. The van der Waals surface area contributed by atoms with Crippen molar-refractivity contribution in [1.29, 1.82) is 0 Å². The Labute approximate surface area is 125 Å². The van der Waals surface area contributed by atoms with Crippen molar-refractivity contribution in [2.24, 2.45) is 0 Å². The number of carbonyl (C=O) groups excluding carboxylic acids is 1. The van der Waals surface area contributed by atoms with Crippen molar-refractivity contribution >= 4 is 23.2 Å². The Hall–Kier alpha value is -1.10. The maximum atomic E-state index is 12.2. The second-order valence-corrected chi connectivity index (χ2v) is 5.79. The SMILES string of the molecule is Cc1c(Cl)cccc1NC(=O)CN1CC(C)OCC1C. The van der Waals surface area contributed by atoms with Crippen LogP contribution >= 0.6 is 11.6 Å². The van der Waals surface area contributed by atoms with Crippen molar-refractivity contribution in [1.82, 2.24) is 4.90 Å². The van der Waals surface area contributed by atoms with Crippen molar-refractivity contribution in [2.75, 3.05) is 25.0 Å². The molecule has 0 saturated carbocycles. The van der Waals surface area contributed by atoms with Crippen LogP contribution in [-0.2, 0) is 9.53 Å². The third-order valence-electron chi connectivity index (χ3n) is 3.63. The van der Waals surface area contributed by atoms with Crippen molar-refractivity contribution in [2.45, 2.75) is 32.9 Å². The summed E-state index contributed by atoms with van der Waals surface area (Å²) in [5.41, 5.74) is 1.67. The molecule has 2 atom stereocenters. The number of carbonyl (C=O) groups is 1. The van der Waals surface area contributed by atoms with Crippen molar-refractivity contribution in [3.8, 4) is 0 Å². The molecule has 1 heterocycles. The first kappa shape index (κ1) is 15.3. The Morgan fingerprint density at radius 2 is 2.25 bits per heavy atom. The van der Waals surface area contributed by atoms with Gasteiger partial charge in [-0.25, -0.2) is 0 Å². The minimum atomic E-state index is -0.0173. The number of hydrogen-bond acceptors (Lipinski definition) is 3. The van der Waals surface area contributed by atoms with E-state index in [2.05, 4.69) is 17.1 Å². The van der Waals surface area contributed by atoms with Crippen LogP contribution in [0.2, 0.25) is 5.02 Å². The summed E-state index contributed by atoms with van der Waals surface area (Å²) in [6.45, 7) is 7.83. The Kier molecular flexibility index (Phi) is 5.02. The highest BCUT2D eigenvalue weighted by atomic mass is 35.5. The van der Waals surface area contributed by atoms with E-state index >= 15 is 0 Å². The lowest BCUT2D eigenvalue weighted by atomic mass is 10.2. The number of rotatable bonds is 3. The lowest BCUT2D eigenvalue weighted by Crippen LogP contribution is -2.50. The largest absolute Gasteiger partial charge is 0.376 e. The van der Waals surface area contributed by atoms with Crippen LogP contribution in [0.4, 0.5) is 5.69 Å². The van der Waals surface area contributed by atoms with E-state index in [0.29, 0.717) is 18.2 Å². The number of anilines is 1. The van der Waals surface area contributed by atoms with Gasteiger partial charge in [-0.15, -0.1) is 0 Å². The molecule has 0 aliphatic carbocycles. The standard InChI is InChI=1S/C15H21ClN2O2/c1-10-9-20-11(2)7-18(10)8-15(19)17-14-6-4-5-13(16)12(14)3/h4-6,10-11H,7-9H2,1-3H3,(H,17,19). The molecule has 5 heteroatoms. The Morgan fingerprint density at radius 3 is 3.00 bits per heavy atom. The van der Waals surface area contributed by atoms with Gasteiger partial charge >= 0.3 is 0 Å². The van der Waals surface area contributed by atoms with Crippen LogP contribution in [0.3, 0.4) is 0 Å². The fourth-order valence-corrected chi connectivity index (χ4v) is 2.48. The number of halogens is 1. The van der Waals surface area contributed by atoms with Gasteiger partial charge in [0.2, 0.25) is 5.91 Å². The molecule has 110 valence electrons. The van der Waals surface area contributed by atoms with Gasteiger partial charge in [0.15, 0.2) is 0 Å². The molecule has 0 radical (unpaired) electrons. The van der Waals surface area contributed by atoms with Gasteiger partial charge < -0.3 is 10.1 Å². The van der Waals surface area contributed by atoms with Crippen molar-refractivity contribution in [3.05, 3.63) is 28.8 Å². The van der Waals surface area contributed by atoms with Gasteiger partial charge in [-0.05, 0) is 38.5 Å². The van der Waals surface area contributed by atoms with Crippen LogP contribution < -0.4 is 5.32 Å². The number of morpholine rings is 1. The van der Waals surface area contributed by atoms with Crippen LogP contribution in [-0.4, -0.2) is 42.6 Å². The normalized spacial score (nSPS) is 23.6. The van der Waals surface area contributed by atoms with E-state index in [4.69, 9.17) is 16.3 Å². The average Bonchev–Trinajstić information content (AvgIpc) is 2.39. The monoisotopic (exact) mass is 296 g/mol. The molecule has 1 aliphatic heterocycles. The molecule has 1 aromatic rings. The molecule has 1 aliphatic rings. The van der Waals surface area contributed by atoms with Crippen LogP contribution in [0.5, 0.6) is 0 Å². The first-order valence-corrected chi connectivity index (χ1v) is 7.25. The lowest BCUT2D eigenvalue weighted by Gasteiger charge is -2.36. The van der Waals surface area contributed by atoms with Gasteiger partial charge in [-0.1, -0.05) is 17.7 Å². The van der Waals surface area contributed by atoms with E-state index < -0.39 is 0 Å². The maximum absolute atomic E-state index is 12.2. The van der Waals surface area contributed by atoms with Crippen LogP contribution in [0.15, 0.2) is 18.2 Å². The van der Waals surface area contributed by atoms with E-state index in [1.165, 1.54) is 0 Å². The Balaban J connectivity index is 1.96. The Bertz CT molecular complexity index is 493. The number of benzene rings is 1. The highest BCUT2D eigenvalue weighted by molar-refractivity contribution is 6.31. The maximum Gasteiger partial charge on any atom is 0.238 e. The smallest absolute Gasteiger partial charge is 0.238 e. The average molecular weight is 297 g/mol. The summed E-state index contributed by atoms with van der Waals surface area (Å²) < 4.78 is 5.56. The molecular formula is C15H21ClN2O2. The number of nitrogens with one attached hydrogen (secondary N) is 1. The Morgan fingerprint density at radius 1 is 1.50 bits per heavy atom. The third-order valence-corrected chi connectivity index (χ3v) is 4.03. The fraction of sp³-hybridized carbons (Fsp3) is 0.533. The summed E-state index contributed by atoms with van der Waals surface area (Å²) in [6, 6.07) is 5.78. The van der Waals surface area contributed by atoms with Crippen molar-refractivity contribution < 1.29 is 9.53 Å². The number of nitrogens with zero attached hydrogens (tertiary/aromatic N) is 1. The first-order chi connectivity index (χ1) is 9.47. The molecule has 2 unspecified atom stereocenters. The minimum absolute atomic E-state index is 0.0173. The summed E-state index contributed by atoms with van der Waals surface area (Å²) in [5.74, 6) is -0.0173. The zero-order valence-corrected chi connectivity index (χ0v) is 12.9. The van der Waals surface area contributed by atoms with Gasteiger partial charge in [0, 0.05) is 23.3 Å². The van der Waals surface area contributed by atoms with Gasteiger partial charge in [0.05, 0.1) is 19.3 Å². The third kappa shape index (κ3) is 3.72. The molecule has 1 aromatic carbocycles. The number of hydrogen-bond donors (Lipinski definition) is 1. The number of ether oxygens (including phenoxy) is 1. The quantitative estimate of drug-likeness (QED) is 0.932. The van der Waals surface area contributed by atoms with E-state index in [-0.39, 0.29) is 18.1 Å². The molecule has 1 saturated heterocycles. The lowest BCUT2D eigenvalue weighted by molar-refractivity contribution is -0.121. The predicted molar refractivity (Wildman–Crippen MR) is 81.3 cm³/mol. The molecule has 0 aromatic heterocycles. The highest BCUT2D eigenvalue weighted by Crippen LogP contribution is 2.23. The zero-order chi connectivity index (χ0) is 14.7. The van der Waals surface area contributed by atoms with Crippen molar-refractivity contribution in [3.63, 3.8) is 0 Å². The first-order valence-electron chi connectivity index (χ1n) is 6.88. The molecule has 0 spiro atoms. The van der Waals surface area contributed by atoms with E-state index in [9.17, 15) is 4.79 Å². The minimum Gasteiger partial charge on any atom is -0.376 e. The fourth-order valence-electron chi connectivity index (χ4n) is 2.31. The molecule has 1 fully saturated rings. The van der Waals surface area contributed by atoms with Gasteiger partial charge in [-0.3, -0.25) is 9.69 Å². The zero-order valence-electron chi connectivity index (χ0n) is 12.1. The van der Waals surface area contributed by atoms with Gasteiger partial charge in [0.1, 0.15) is 0 Å². The molecule has 2 rings (SSSR count). The second kappa shape index (κ2) is 6.57. The summed E-state index contributed by atoms with van der Waals surface area (Å²) in [6.07, 6.45) is 0.173. The summed E-state index contributed by atoms with van der Waals surface area (Å²) >= 11 is 6.05. The molecular weight excluding hydrogens is 276 g/mol. The molecule has 1 N–H and O–H groups in total. The summed E-state index contributed by atoms with van der Waals surface area (Å²) in [4.78, 5) is 14.3. The second-order valence-electron chi connectivity index (χ2n) is 5.38. The molecule has 1 amide bonds. The number of amides is 1. The van der Waals surface area contributed by atoms with E-state index in [1.54, 1.807) is 0 Å². The van der Waals surface area contributed by atoms with Crippen LogP contribution in [0.25, 0.3) is 0 Å². The molecule has 20 heavy (non-hydrogen) atoms. The molecule has 4 nitrogen and oxygen atoms in total. The van der Waals surface area contributed by atoms with E-state index in [1.807, 2.05) is 32.0 Å². The predicted octanol–water partition coefficient (Wildman–Crippen LogP) is 2.70. The van der Waals surface area contributed by atoms with Crippen LogP contribution in [0.1, 0.15) is 19.4 Å². The van der Waals surface area contributed by atoms with Gasteiger partial charge in [-0.2, -0.15) is 0 Å².